The number of rotatable bonds is 9. The van der Waals surface area contributed by atoms with Crippen LogP contribution < -0.4 is 19.7 Å². The number of anilines is 2. The normalized spacial score (nSPS) is 13.4. The first-order valence-electron chi connectivity index (χ1n) is 10.5. The lowest BCUT2D eigenvalue weighted by atomic mass is 10.2. The van der Waals surface area contributed by atoms with Gasteiger partial charge in [0, 0.05) is 25.2 Å². The molecule has 9 heteroatoms. The summed E-state index contributed by atoms with van der Waals surface area (Å²) >= 11 is 0. The molecule has 2 N–H and O–H groups in total. The molecule has 3 rings (SSSR count). The summed E-state index contributed by atoms with van der Waals surface area (Å²) in [5, 5.41) is 12.2. The van der Waals surface area contributed by atoms with Gasteiger partial charge in [-0.2, -0.15) is 0 Å². The molecule has 1 amide bonds. The van der Waals surface area contributed by atoms with Crippen molar-refractivity contribution in [2.24, 2.45) is 0 Å². The Hall–Kier alpha value is -3.46. The summed E-state index contributed by atoms with van der Waals surface area (Å²) in [6.45, 7) is 6.81. The molecule has 0 saturated carbocycles. The lowest BCUT2D eigenvalue weighted by Crippen LogP contribution is -2.36. The predicted molar refractivity (Wildman–Crippen MR) is 119 cm³/mol. The SMILES string of the molecule is CCOc1cc(N2CCOCC2)c(OCC)cc1NC(=O)COC(=O)c1cccc(O)c1. The van der Waals surface area contributed by atoms with E-state index in [1.165, 1.54) is 24.3 Å². The minimum atomic E-state index is -0.709. The van der Waals surface area contributed by atoms with E-state index in [1.807, 2.05) is 19.9 Å². The van der Waals surface area contributed by atoms with Crippen molar-refractivity contribution >= 4 is 23.3 Å². The van der Waals surface area contributed by atoms with E-state index in [4.69, 9.17) is 18.9 Å². The number of aromatic hydroxyl groups is 1. The molecule has 1 fully saturated rings. The van der Waals surface area contributed by atoms with Crippen LogP contribution in [0.4, 0.5) is 11.4 Å². The molecular weight excluding hydrogens is 416 g/mol. The second kappa shape index (κ2) is 11.2. The van der Waals surface area contributed by atoms with Crippen molar-refractivity contribution in [3.8, 4) is 17.2 Å². The van der Waals surface area contributed by atoms with Gasteiger partial charge in [0.1, 0.15) is 17.2 Å². The van der Waals surface area contributed by atoms with Crippen LogP contribution in [0.2, 0.25) is 0 Å². The number of carbonyl (C=O) groups excluding carboxylic acids is 2. The monoisotopic (exact) mass is 444 g/mol. The lowest BCUT2D eigenvalue weighted by molar-refractivity contribution is -0.119. The van der Waals surface area contributed by atoms with Crippen LogP contribution >= 0.6 is 0 Å². The van der Waals surface area contributed by atoms with Gasteiger partial charge in [-0.05, 0) is 32.0 Å². The summed E-state index contributed by atoms with van der Waals surface area (Å²) in [7, 11) is 0. The van der Waals surface area contributed by atoms with Gasteiger partial charge in [-0.3, -0.25) is 4.79 Å². The summed E-state index contributed by atoms with van der Waals surface area (Å²) in [6.07, 6.45) is 0. The zero-order valence-corrected chi connectivity index (χ0v) is 18.3. The molecule has 0 radical (unpaired) electrons. The Morgan fingerprint density at radius 2 is 1.78 bits per heavy atom. The number of morpholine rings is 1. The van der Waals surface area contributed by atoms with Crippen LogP contribution in [0.3, 0.4) is 0 Å². The van der Waals surface area contributed by atoms with Gasteiger partial charge in [0.15, 0.2) is 6.61 Å². The van der Waals surface area contributed by atoms with Crippen molar-refractivity contribution in [1.29, 1.82) is 0 Å². The molecule has 32 heavy (non-hydrogen) atoms. The molecule has 2 aromatic rings. The zero-order chi connectivity index (χ0) is 22.9. The number of amides is 1. The van der Waals surface area contributed by atoms with Crippen molar-refractivity contribution in [2.45, 2.75) is 13.8 Å². The standard InChI is InChI=1S/C23H28N2O7/c1-3-30-20-14-19(25-8-10-29-11-9-25)21(31-4-2)13-18(20)24-22(27)15-32-23(28)16-6-5-7-17(26)12-16/h5-7,12-14,26H,3-4,8-11,15H2,1-2H3,(H,24,27). The summed E-state index contributed by atoms with van der Waals surface area (Å²) in [5.74, 6) is -0.191. The fourth-order valence-electron chi connectivity index (χ4n) is 3.28. The average molecular weight is 444 g/mol. The van der Waals surface area contributed by atoms with Crippen LogP contribution in [-0.2, 0) is 14.3 Å². The molecule has 1 aliphatic heterocycles. The maximum atomic E-state index is 12.5. The molecule has 172 valence electrons. The highest BCUT2D eigenvalue weighted by Gasteiger charge is 2.21. The van der Waals surface area contributed by atoms with Crippen LogP contribution in [0.15, 0.2) is 36.4 Å². The highest BCUT2D eigenvalue weighted by atomic mass is 16.5. The number of nitrogens with zero attached hydrogens (tertiary/aromatic N) is 1. The van der Waals surface area contributed by atoms with Gasteiger partial charge in [-0.25, -0.2) is 4.79 Å². The number of esters is 1. The van der Waals surface area contributed by atoms with Crippen LogP contribution in [0.5, 0.6) is 17.2 Å². The van der Waals surface area contributed by atoms with Crippen molar-refractivity contribution in [1.82, 2.24) is 0 Å². The Kier molecular flexibility index (Phi) is 8.15. The lowest BCUT2D eigenvalue weighted by Gasteiger charge is -2.31. The molecule has 0 spiro atoms. The molecule has 9 nitrogen and oxygen atoms in total. The second-order valence-electron chi connectivity index (χ2n) is 6.96. The zero-order valence-electron chi connectivity index (χ0n) is 18.3. The maximum absolute atomic E-state index is 12.5. The van der Waals surface area contributed by atoms with Gasteiger partial charge in [-0.15, -0.1) is 0 Å². The fraction of sp³-hybridized carbons (Fsp3) is 0.391. The van der Waals surface area contributed by atoms with Gasteiger partial charge >= 0.3 is 5.97 Å². The number of carbonyl (C=O) groups is 2. The quantitative estimate of drug-likeness (QED) is 0.569. The smallest absolute Gasteiger partial charge is 0.338 e. The number of phenols is 1. The van der Waals surface area contributed by atoms with Gasteiger partial charge in [0.2, 0.25) is 0 Å². The van der Waals surface area contributed by atoms with Gasteiger partial charge in [-0.1, -0.05) is 6.07 Å². The molecular formula is C23H28N2O7. The van der Waals surface area contributed by atoms with Crippen LogP contribution in [0, 0.1) is 0 Å². The van der Waals surface area contributed by atoms with Crippen molar-refractivity contribution in [3.63, 3.8) is 0 Å². The summed E-state index contributed by atoms with van der Waals surface area (Å²) in [4.78, 5) is 26.7. The Bertz CT molecular complexity index is 942. The minimum Gasteiger partial charge on any atom is -0.508 e. The molecule has 0 atom stereocenters. The fourth-order valence-corrected chi connectivity index (χ4v) is 3.28. The van der Waals surface area contributed by atoms with E-state index >= 15 is 0 Å². The summed E-state index contributed by atoms with van der Waals surface area (Å²) in [5.41, 5.74) is 1.44. The van der Waals surface area contributed by atoms with Crippen LogP contribution in [0.25, 0.3) is 0 Å². The Balaban J connectivity index is 1.74. The van der Waals surface area contributed by atoms with Gasteiger partial charge < -0.3 is 34.3 Å². The van der Waals surface area contributed by atoms with E-state index < -0.39 is 18.5 Å². The third-order valence-electron chi connectivity index (χ3n) is 4.70. The molecule has 0 aromatic heterocycles. The number of benzene rings is 2. The van der Waals surface area contributed by atoms with Crippen LogP contribution in [0.1, 0.15) is 24.2 Å². The molecule has 1 aliphatic rings. The first-order chi connectivity index (χ1) is 15.5. The molecule has 1 saturated heterocycles. The third-order valence-corrected chi connectivity index (χ3v) is 4.70. The number of ether oxygens (including phenoxy) is 4. The summed E-state index contributed by atoms with van der Waals surface area (Å²) in [6, 6.07) is 9.28. The number of phenolic OH excluding ortho intramolecular Hbond substituents is 1. The van der Waals surface area contributed by atoms with Crippen molar-refractivity contribution < 1.29 is 33.6 Å². The highest BCUT2D eigenvalue weighted by Crippen LogP contribution is 2.39. The number of nitrogens with one attached hydrogen (secondary N) is 1. The number of hydrogen-bond donors (Lipinski definition) is 2. The Morgan fingerprint density at radius 1 is 1.06 bits per heavy atom. The second-order valence-corrected chi connectivity index (χ2v) is 6.96. The van der Waals surface area contributed by atoms with Crippen molar-refractivity contribution in [2.75, 3.05) is 56.3 Å². The Labute approximate surface area is 186 Å². The van der Waals surface area contributed by atoms with E-state index in [1.54, 1.807) is 6.07 Å². The van der Waals surface area contributed by atoms with Crippen LogP contribution in [-0.4, -0.2) is 63.1 Å². The minimum absolute atomic E-state index is 0.0610. The highest BCUT2D eigenvalue weighted by molar-refractivity contribution is 5.97. The molecule has 0 unspecified atom stereocenters. The van der Waals surface area contributed by atoms with Crippen molar-refractivity contribution in [3.05, 3.63) is 42.0 Å². The molecule has 0 bridgehead atoms. The van der Waals surface area contributed by atoms with Gasteiger partial charge in [0.25, 0.3) is 5.91 Å². The topological polar surface area (TPSA) is 107 Å². The number of hydrogen-bond acceptors (Lipinski definition) is 8. The first-order valence-corrected chi connectivity index (χ1v) is 10.5. The molecule has 1 heterocycles. The third kappa shape index (κ3) is 6.04. The molecule has 2 aromatic carbocycles. The van der Waals surface area contributed by atoms with E-state index in [0.717, 1.165) is 18.8 Å². The molecule has 0 aliphatic carbocycles. The largest absolute Gasteiger partial charge is 0.508 e. The average Bonchev–Trinajstić information content (AvgIpc) is 2.80. The summed E-state index contributed by atoms with van der Waals surface area (Å²) < 4.78 is 22.1. The van der Waals surface area contributed by atoms with E-state index in [2.05, 4.69) is 10.2 Å². The predicted octanol–water partition coefficient (Wildman–Crippen LogP) is 2.82. The van der Waals surface area contributed by atoms with Gasteiger partial charge in [0.05, 0.1) is 43.4 Å². The Morgan fingerprint density at radius 3 is 2.47 bits per heavy atom. The van der Waals surface area contributed by atoms with E-state index in [-0.39, 0.29) is 11.3 Å². The van der Waals surface area contributed by atoms with E-state index in [0.29, 0.717) is 43.6 Å². The first kappa shape index (κ1) is 23.2. The van der Waals surface area contributed by atoms with E-state index in [9.17, 15) is 14.7 Å². The maximum Gasteiger partial charge on any atom is 0.338 e.